The molecule has 2 amide bonds. The molecule has 0 atom stereocenters. The van der Waals surface area contributed by atoms with Crippen LogP contribution in [0, 0.1) is 0 Å². The highest BCUT2D eigenvalue weighted by atomic mass is 79.9. The van der Waals surface area contributed by atoms with Gasteiger partial charge < -0.3 is 9.72 Å². The van der Waals surface area contributed by atoms with E-state index in [0.29, 0.717) is 25.1 Å². The lowest BCUT2D eigenvalue weighted by Gasteiger charge is -1.97. The van der Waals surface area contributed by atoms with Crippen LogP contribution in [0.25, 0.3) is 0 Å². The van der Waals surface area contributed by atoms with Crippen molar-refractivity contribution in [1.82, 2.24) is 8.91 Å². The normalized spacial score (nSPS) is 14.0. The van der Waals surface area contributed by atoms with Crippen LogP contribution in [0.1, 0.15) is 42.9 Å². The molecule has 21 heavy (non-hydrogen) atoms. The SMILES string of the molecule is CCOC(=O)c1cc(Br)c(CC)[nH]1.O=C1CCC(=O)N1Br. The molecule has 8 heteroatoms. The van der Waals surface area contributed by atoms with Gasteiger partial charge in [0.05, 0.1) is 22.8 Å². The highest BCUT2D eigenvalue weighted by Gasteiger charge is 2.26. The molecule has 1 aromatic rings. The number of nitrogens with zero attached hydrogens (tertiary/aromatic N) is 1. The topological polar surface area (TPSA) is 79.5 Å². The minimum atomic E-state index is -0.303. The van der Waals surface area contributed by atoms with Crippen molar-refractivity contribution in [1.29, 1.82) is 0 Å². The molecule has 2 heterocycles. The van der Waals surface area contributed by atoms with Crippen molar-refractivity contribution in [3.63, 3.8) is 0 Å². The molecular formula is C13H16Br2N2O4. The molecule has 1 N–H and O–H groups in total. The van der Waals surface area contributed by atoms with E-state index in [2.05, 4.69) is 37.1 Å². The van der Waals surface area contributed by atoms with E-state index in [1.165, 1.54) is 0 Å². The summed E-state index contributed by atoms with van der Waals surface area (Å²) in [6, 6.07) is 1.75. The van der Waals surface area contributed by atoms with Gasteiger partial charge in [0.25, 0.3) is 0 Å². The molecule has 6 nitrogen and oxygen atoms in total. The van der Waals surface area contributed by atoms with E-state index in [-0.39, 0.29) is 17.8 Å². The van der Waals surface area contributed by atoms with E-state index in [1.54, 1.807) is 13.0 Å². The number of aryl methyl sites for hydroxylation is 1. The average molecular weight is 424 g/mol. The number of carbonyl (C=O) groups is 3. The fraction of sp³-hybridized carbons (Fsp3) is 0.462. The van der Waals surface area contributed by atoms with E-state index in [4.69, 9.17) is 4.74 Å². The van der Waals surface area contributed by atoms with Gasteiger partial charge in [0.1, 0.15) is 5.69 Å². The number of esters is 1. The molecular weight excluding hydrogens is 408 g/mol. The summed E-state index contributed by atoms with van der Waals surface area (Å²) >= 11 is 6.16. The third-order valence-corrected chi connectivity index (χ3v) is 4.18. The molecule has 0 spiro atoms. The number of imide groups is 1. The van der Waals surface area contributed by atoms with Crippen molar-refractivity contribution in [2.24, 2.45) is 0 Å². The van der Waals surface area contributed by atoms with Crippen molar-refractivity contribution in [2.45, 2.75) is 33.1 Å². The zero-order valence-corrected chi connectivity index (χ0v) is 14.9. The molecule has 1 aliphatic rings. The lowest BCUT2D eigenvalue weighted by Crippen LogP contribution is -2.16. The van der Waals surface area contributed by atoms with Crippen LogP contribution >= 0.6 is 32.1 Å². The lowest BCUT2D eigenvalue weighted by atomic mass is 10.3. The summed E-state index contributed by atoms with van der Waals surface area (Å²) in [5, 5.41) is 0. The Balaban J connectivity index is 0.000000235. The summed E-state index contributed by atoms with van der Waals surface area (Å²) < 4.78 is 6.76. The Morgan fingerprint density at radius 3 is 2.24 bits per heavy atom. The quantitative estimate of drug-likeness (QED) is 0.460. The molecule has 0 unspecified atom stereocenters. The molecule has 0 radical (unpaired) electrons. The largest absolute Gasteiger partial charge is 0.461 e. The molecule has 2 rings (SSSR count). The monoisotopic (exact) mass is 422 g/mol. The number of aromatic amines is 1. The summed E-state index contributed by atoms with van der Waals surface area (Å²) in [4.78, 5) is 35.1. The number of nitrogens with one attached hydrogen (secondary N) is 1. The number of rotatable bonds is 3. The zero-order valence-electron chi connectivity index (χ0n) is 11.7. The van der Waals surface area contributed by atoms with Crippen molar-refractivity contribution in [3.8, 4) is 0 Å². The summed E-state index contributed by atoms with van der Waals surface area (Å²) in [5.41, 5.74) is 1.52. The van der Waals surface area contributed by atoms with Gasteiger partial charge in [-0.2, -0.15) is 0 Å². The van der Waals surface area contributed by atoms with Crippen molar-refractivity contribution in [2.75, 3.05) is 6.61 Å². The number of carbonyl (C=O) groups excluding carboxylic acids is 3. The molecule has 116 valence electrons. The van der Waals surface area contributed by atoms with E-state index in [1.807, 2.05) is 6.92 Å². The summed E-state index contributed by atoms with van der Waals surface area (Å²) in [7, 11) is 0. The molecule has 0 aromatic carbocycles. The fourth-order valence-electron chi connectivity index (χ4n) is 1.60. The Morgan fingerprint density at radius 2 is 1.90 bits per heavy atom. The maximum atomic E-state index is 11.3. The van der Waals surface area contributed by atoms with Gasteiger partial charge in [0.15, 0.2) is 0 Å². The van der Waals surface area contributed by atoms with Crippen molar-refractivity contribution < 1.29 is 19.1 Å². The number of H-pyrrole nitrogens is 1. The van der Waals surface area contributed by atoms with Gasteiger partial charge in [-0.05, 0) is 35.3 Å². The van der Waals surface area contributed by atoms with E-state index in [9.17, 15) is 14.4 Å². The Hall–Kier alpha value is -1.15. The third kappa shape index (κ3) is 4.96. The van der Waals surface area contributed by atoms with E-state index >= 15 is 0 Å². The second-order valence-corrected chi connectivity index (χ2v) is 5.72. The molecule has 1 aromatic heterocycles. The van der Waals surface area contributed by atoms with Crippen LogP contribution in [-0.4, -0.2) is 33.3 Å². The number of hydrogen-bond acceptors (Lipinski definition) is 4. The first kappa shape index (κ1) is 17.9. The molecule has 1 aliphatic heterocycles. The standard InChI is InChI=1S/C9H12BrNO2.C4H4BrNO2/c1-3-7-6(10)5-8(11-7)9(12)13-4-2;5-6-3(7)1-2-4(6)8/h5,11H,3-4H2,1-2H3;1-2H2. The maximum Gasteiger partial charge on any atom is 0.354 e. The van der Waals surface area contributed by atoms with E-state index < -0.39 is 0 Å². The number of halogens is 2. The smallest absolute Gasteiger partial charge is 0.354 e. The van der Waals surface area contributed by atoms with Gasteiger partial charge in [0, 0.05) is 23.0 Å². The van der Waals surface area contributed by atoms with Crippen LogP contribution in [0.2, 0.25) is 0 Å². The summed E-state index contributed by atoms with van der Waals surface area (Å²) in [5.74, 6) is -0.590. The van der Waals surface area contributed by atoms with Crippen LogP contribution < -0.4 is 0 Å². The van der Waals surface area contributed by atoms with Crippen LogP contribution in [0.5, 0.6) is 0 Å². The van der Waals surface area contributed by atoms with Gasteiger partial charge in [-0.3, -0.25) is 9.59 Å². The van der Waals surface area contributed by atoms with Gasteiger partial charge in [0.2, 0.25) is 11.8 Å². The summed E-state index contributed by atoms with van der Waals surface area (Å²) in [6.07, 6.45) is 1.56. The first-order valence-corrected chi connectivity index (χ1v) is 7.96. The predicted octanol–water partition coefficient (Wildman–Crippen LogP) is 2.96. The second-order valence-electron chi connectivity index (χ2n) is 4.15. The van der Waals surface area contributed by atoms with Crippen LogP contribution in [0.3, 0.4) is 0 Å². The zero-order chi connectivity index (χ0) is 16.0. The Labute approximate surface area is 139 Å². The van der Waals surface area contributed by atoms with Crippen LogP contribution in [0.15, 0.2) is 10.5 Å². The average Bonchev–Trinajstić information content (AvgIpc) is 2.97. The van der Waals surface area contributed by atoms with Crippen LogP contribution in [0.4, 0.5) is 0 Å². The minimum Gasteiger partial charge on any atom is -0.461 e. The molecule has 1 fully saturated rings. The predicted molar refractivity (Wildman–Crippen MR) is 83.8 cm³/mol. The molecule has 0 saturated carbocycles. The first-order valence-electron chi connectivity index (χ1n) is 6.46. The molecule has 1 saturated heterocycles. The van der Waals surface area contributed by atoms with Gasteiger partial charge in [-0.25, -0.2) is 8.72 Å². The number of hydrogen-bond donors (Lipinski definition) is 1. The minimum absolute atomic E-state index is 0.144. The Kier molecular flexibility index (Phi) is 7.10. The first-order chi connectivity index (χ1) is 9.90. The van der Waals surface area contributed by atoms with Crippen molar-refractivity contribution >= 4 is 49.9 Å². The third-order valence-electron chi connectivity index (χ3n) is 2.68. The molecule has 0 bridgehead atoms. The maximum absolute atomic E-state index is 11.3. The van der Waals surface area contributed by atoms with Gasteiger partial charge >= 0.3 is 5.97 Å². The fourth-order valence-corrected chi connectivity index (χ4v) is 2.56. The van der Waals surface area contributed by atoms with Crippen molar-refractivity contribution in [3.05, 3.63) is 21.9 Å². The second kappa shape index (κ2) is 8.33. The Morgan fingerprint density at radius 1 is 1.33 bits per heavy atom. The number of aromatic nitrogens is 1. The highest BCUT2D eigenvalue weighted by Crippen LogP contribution is 2.18. The molecule has 0 aliphatic carbocycles. The number of ether oxygens (including phenoxy) is 1. The summed E-state index contributed by atoms with van der Waals surface area (Å²) in [6.45, 7) is 4.21. The van der Waals surface area contributed by atoms with E-state index in [0.717, 1.165) is 20.5 Å². The highest BCUT2D eigenvalue weighted by molar-refractivity contribution is 9.10. The number of amides is 2. The van der Waals surface area contributed by atoms with Gasteiger partial charge in [-0.1, -0.05) is 6.92 Å². The lowest BCUT2D eigenvalue weighted by molar-refractivity contribution is -0.131. The van der Waals surface area contributed by atoms with Crippen LogP contribution in [-0.2, 0) is 20.7 Å². The Bertz CT molecular complexity index is 526. The van der Waals surface area contributed by atoms with Gasteiger partial charge in [-0.15, -0.1) is 0 Å².